The second-order valence-electron chi connectivity index (χ2n) is 13.4. The van der Waals surface area contributed by atoms with Gasteiger partial charge in [-0.3, -0.25) is 4.79 Å². The van der Waals surface area contributed by atoms with Gasteiger partial charge in [-0.25, -0.2) is 0 Å². The highest BCUT2D eigenvalue weighted by Gasteiger charge is 2.62. The number of aliphatic hydroxyl groups is 1. The number of rotatable bonds is 5. The lowest BCUT2D eigenvalue weighted by Crippen LogP contribution is -2.51. The maximum Gasteiger partial charge on any atom is 0.156 e. The van der Waals surface area contributed by atoms with Gasteiger partial charge in [0.2, 0.25) is 0 Å². The highest BCUT2D eigenvalue weighted by Crippen LogP contribution is 2.66. The predicted molar refractivity (Wildman–Crippen MR) is 154 cm³/mol. The van der Waals surface area contributed by atoms with E-state index in [4.69, 9.17) is 4.74 Å². The molecule has 204 valence electrons. The zero-order valence-corrected chi connectivity index (χ0v) is 24.2. The van der Waals surface area contributed by atoms with Crippen LogP contribution in [0.5, 0.6) is 0 Å². The molecule has 0 heterocycles. The molecular formula is C34H45NO3. The first-order valence-electron chi connectivity index (χ1n) is 14.5. The molecule has 0 aromatic heterocycles. The van der Waals surface area contributed by atoms with Crippen LogP contribution in [0.25, 0.3) is 0 Å². The molecule has 0 radical (unpaired) electrons. The number of ether oxygens (including phenoxy) is 1. The van der Waals surface area contributed by atoms with Crippen molar-refractivity contribution in [1.82, 2.24) is 0 Å². The highest BCUT2D eigenvalue weighted by molar-refractivity contribution is 5.93. The van der Waals surface area contributed by atoms with E-state index in [-0.39, 0.29) is 22.5 Å². The van der Waals surface area contributed by atoms with Gasteiger partial charge in [-0.05, 0) is 106 Å². The summed E-state index contributed by atoms with van der Waals surface area (Å²) >= 11 is 0. The van der Waals surface area contributed by atoms with Gasteiger partial charge in [-0.15, -0.1) is 0 Å². The van der Waals surface area contributed by atoms with Crippen molar-refractivity contribution in [2.45, 2.75) is 84.2 Å². The van der Waals surface area contributed by atoms with Crippen molar-refractivity contribution >= 4 is 11.5 Å². The lowest BCUT2D eigenvalue weighted by molar-refractivity contribution is -0.114. The predicted octanol–water partition coefficient (Wildman–Crippen LogP) is 6.45. The fraction of sp³-hybridized carbons (Fsp3) is 0.618. The van der Waals surface area contributed by atoms with Crippen LogP contribution in [0.1, 0.15) is 84.1 Å². The molecule has 2 saturated carbocycles. The van der Waals surface area contributed by atoms with Crippen molar-refractivity contribution in [3.8, 4) is 11.8 Å². The van der Waals surface area contributed by atoms with Gasteiger partial charge in [0.15, 0.2) is 5.78 Å². The number of likely N-dealkylation sites (N-methyl/N-ethyl adjacent to an activating group) is 1. The van der Waals surface area contributed by atoms with Crippen molar-refractivity contribution in [2.75, 3.05) is 32.2 Å². The Morgan fingerprint density at radius 2 is 1.87 bits per heavy atom. The van der Waals surface area contributed by atoms with Crippen LogP contribution in [0.2, 0.25) is 0 Å². The minimum Gasteiger partial charge on any atom is -0.383 e. The number of hydrogen-bond donors (Lipinski definition) is 1. The molecule has 0 unspecified atom stereocenters. The Kier molecular flexibility index (Phi) is 7.16. The Balaban J connectivity index is 1.59. The van der Waals surface area contributed by atoms with Gasteiger partial charge in [0, 0.05) is 49.6 Å². The molecule has 38 heavy (non-hydrogen) atoms. The maximum atomic E-state index is 12.3. The SMILES string of the molecule is COCCN(C)c1ccc([C@H]2C[C@@]3(C)[C@@H](CC[C@@]3(O)C#CC(C)(C)C)[C@@H]3CCC4=CC(=O)CCC4=C32)cc1. The molecule has 0 saturated heterocycles. The molecular weight excluding hydrogens is 470 g/mol. The maximum absolute atomic E-state index is 12.3. The Morgan fingerprint density at radius 1 is 1.13 bits per heavy atom. The molecule has 0 bridgehead atoms. The van der Waals surface area contributed by atoms with E-state index in [1.807, 2.05) is 6.08 Å². The normalized spacial score (nSPS) is 32.6. The second-order valence-corrected chi connectivity index (χ2v) is 13.4. The summed E-state index contributed by atoms with van der Waals surface area (Å²) < 4.78 is 5.27. The minimum atomic E-state index is -0.974. The summed E-state index contributed by atoms with van der Waals surface area (Å²) in [6.45, 7) is 10.2. The minimum absolute atomic E-state index is 0.144. The summed E-state index contributed by atoms with van der Waals surface area (Å²) in [5, 5.41) is 12.2. The molecule has 4 aliphatic rings. The van der Waals surface area contributed by atoms with Gasteiger partial charge in [-0.2, -0.15) is 0 Å². The highest BCUT2D eigenvalue weighted by atomic mass is 16.5. The van der Waals surface area contributed by atoms with Gasteiger partial charge < -0.3 is 14.7 Å². The van der Waals surface area contributed by atoms with E-state index >= 15 is 0 Å². The summed E-state index contributed by atoms with van der Waals surface area (Å²) in [6.07, 6.45) is 8.10. The van der Waals surface area contributed by atoms with Gasteiger partial charge in [0.25, 0.3) is 0 Å². The van der Waals surface area contributed by atoms with Crippen LogP contribution in [0.3, 0.4) is 0 Å². The van der Waals surface area contributed by atoms with Gasteiger partial charge in [0.05, 0.1) is 6.61 Å². The van der Waals surface area contributed by atoms with Crippen LogP contribution in [-0.4, -0.2) is 43.8 Å². The smallest absolute Gasteiger partial charge is 0.156 e. The lowest BCUT2D eigenvalue weighted by Gasteiger charge is -2.53. The van der Waals surface area contributed by atoms with Crippen LogP contribution in [0, 0.1) is 34.5 Å². The lowest BCUT2D eigenvalue weighted by atomic mass is 9.51. The molecule has 0 aliphatic heterocycles. The van der Waals surface area contributed by atoms with Crippen LogP contribution < -0.4 is 4.90 Å². The average Bonchev–Trinajstić information content (AvgIpc) is 3.15. The standard InChI is InChI=1S/C34H45NO3/c1-32(2,3)17-18-34(37)16-15-30-28-13-9-24-21-26(36)12-14-27(24)31(28)29(22-33(30,34)4)23-7-10-25(11-8-23)35(5)19-20-38-6/h7-8,10-11,21,28-30,37H,9,12-16,19-20,22H2,1-6H3/t28-,29+,30-,33-,34+/m0/s1. The summed E-state index contributed by atoms with van der Waals surface area (Å²) in [4.78, 5) is 14.5. The molecule has 2 fully saturated rings. The summed E-state index contributed by atoms with van der Waals surface area (Å²) in [6, 6.07) is 9.03. The quantitative estimate of drug-likeness (QED) is 0.458. The van der Waals surface area contributed by atoms with Crippen LogP contribution in [0.4, 0.5) is 5.69 Å². The van der Waals surface area contributed by atoms with Crippen LogP contribution in [0.15, 0.2) is 47.1 Å². The number of benzene rings is 1. The molecule has 4 aliphatic carbocycles. The van der Waals surface area contributed by atoms with Crippen molar-refractivity contribution in [3.05, 3.63) is 52.6 Å². The summed E-state index contributed by atoms with van der Waals surface area (Å²) in [7, 11) is 3.84. The fourth-order valence-electron chi connectivity index (χ4n) is 7.78. The first-order valence-corrected chi connectivity index (χ1v) is 14.5. The molecule has 4 heteroatoms. The Hall–Kier alpha value is -2.35. The van der Waals surface area contributed by atoms with E-state index in [1.54, 1.807) is 12.7 Å². The monoisotopic (exact) mass is 515 g/mol. The molecule has 5 atom stereocenters. The van der Waals surface area contributed by atoms with Crippen LogP contribution >= 0.6 is 0 Å². The van der Waals surface area contributed by atoms with Crippen molar-refractivity contribution < 1.29 is 14.6 Å². The van der Waals surface area contributed by atoms with E-state index in [0.29, 0.717) is 24.9 Å². The molecule has 1 aromatic rings. The number of carbonyl (C=O) groups is 1. The Bertz CT molecular complexity index is 1210. The van der Waals surface area contributed by atoms with Gasteiger partial charge in [-0.1, -0.05) is 36.5 Å². The topological polar surface area (TPSA) is 49.8 Å². The first kappa shape index (κ1) is 27.2. The number of fused-ring (bicyclic) bond motifs is 4. The number of nitrogens with zero attached hydrogens (tertiary/aromatic N) is 1. The average molecular weight is 516 g/mol. The zero-order valence-electron chi connectivity index (χ0n) is 24.2. The van der Waals surface area contributed by atoms with Crippen LogP contribution in [-0.2, 0) is 9.53 Å². The fourth-order valence-corrected chi connectivity index (χ4v) is 7.78. The van der Waals surface area contributed by atoms with E-state index < -0.39 is 5.60 Å². The Morgan fingerprint density at radius 3 is 2.55 bits per heavy atom. The third kappa shape index (κ3) is 4.78. The van der Waals surface area contributed by atoms with E-state index in [0.717, 1.165) is 45.1 Å². The van der Waals surface area contributed by atoms with E-state index in [1.165, 1.54) is 22.4 Å². The second kappa shape index (κ2) is 10.00. The third-order valence-corrected chi connectivity index (χ3v) is 9.90. The number of allylic oxidation sites excluding steroid dienone is 4. The molecule has 1 N–H and O–H groups in total. The first-order chi connectivity index (χ1) is 18.0. The van der Waals surface area contributed by atoms with E-state index in [2.05, 4.69) is 75.7 Å². The van der Waals surface area contributed by atoms with Gasteiger partial charge in [0.1, 0.15) is 5.60 Å². The number of methoxy groups -OCH3 is 1. The number of anilines is 1. The number of carbonyl (C=O) groups excluding carboxylic acids is 1. The Labute approximate surface area is 229 Å². The third-order valence-electron chi connectivity index (χ3n) is 9.90. The zero-order chi connectivity index (χ0) is 27.3. The van der Waals surface area contributed by atoms with Crippen molar-refractivity contribution in [2.24, 2.45) is 22.7 Å². The summed E-state index contributed by atoms with van der Waals surface area (Å²) in [5.41, 5.74) is 5.39. The molecule has 5 rings (SSSR count). The molecule has 0 amide bonds. The number of hydrogen-bond acceptors (Lipinski definition) is 4. The van der Waals surface area contributed by atoms with E-state index in [9.17, 15) is 9.90 Å². The molecule has 1 aromatic carbocycles. The van der Waals surface area contributed by atoms with Crippen molar-refractivity contribution in [3.63, 3.8) is 0 Å². The van der Waals surface area contributed by atoms with Gasteiger partial charge >= 0.3 is 0 Å². The largest absolute Gasteiger partial charge is 0.383 e. The van der Waals surface area contributed by atoms with Crippen molar-refractivity contribution in [1.29, 1.82) is 0 Å². The number of ketones is 1. The molecule has 4 nitrogen and oxygen atoms in total. The summed E-state index contributed by atoms with van der Waals surface area (Å²) in [5.74, 6) is 8.19. The molecule has 0 spiro atoms.